The maximum atomic E-state index is 12.0. The van der Waals surface area contributed by atoms with Gasteiger partial charge in [0, 0.05) is 24.3 Å². The first-order valence-electron chi connectivity index (χ1n) is 8.97. The zero-order valence-corrected chi connectivity index (χ0v) is 15.6. The minimum atomic E-state index is -0.113. The Hall–Kier alpha value is -1.47. The van der Waals surface area contributed by atoms with Crippen LogP contribution in [0.5, 0.6) is 0 Å². The molecule has 2 aromatic rings. The second-order valence-corrected chi connectivity index (χ2v) is 7.56. The van der Waals surface area contributed by atoms with E-state index in [9.17, 15) is 4.79 Å². The van der Waals surface area contributed by atoms with Crippen molar-refractivity contribution in [3.63, 3.8) is 0 Å². The van der Waals surface area contributed by atoms with Gasteiger partial charge in [-0.2, -0.15) is 4.52 Å². The quantitative estimate of drug-likeness (QED) is 0.833. The van der Waals surface area contributed by atoms with Gasteiger partial charge < -0.3 is 5.32 Å². The molecular weight excluding hydrogens is 322 g/mol. The normalized spacial score (nSPS) is 17.0. The zero-order valence-electron chi connectivity index (χ0n) is 14.8. The molecule has 2 aromatic heterocycles. The average Bonchev–Trinajstić information content (AvgIpc) is 3.20. The summed E-state index contributed by atoms with van der Waals surface area (Å²) in [5.41, 5.74) is 0.625. The number of rotatable bonds is 7. The molecule has 24 heavy (non-hydrogen) atoms. The van der Waals surface area contributed by atoms with Crippen LogP contribution in [0.4, 0.5) is 5.13 Å². The molecule has 0 saturated carbocycles. The molecule has 3 rings (SSSR count). The Morgan fingerprint density at radius 3 is 2.67 bits per heavy atom. The van der Waals surface area contributed by atoms with Crippen LogP contribution in [-0.4, -0.2) is 45.2 Å². The Kier molecular flexibility index (Phi) is 5.50. The first-order chi connectivity index (χ1) is 11.6. The summed E-state index contributed by atoms with van der Waals surface area (Å²) in [4.78, 5) is 19.7. The van der Waals surface area contributed by atoms with E-state index in [1.807, 2.05) is 6.92 Å². The van der Waals surface area contributed by atoms with Gasteiger partial charge in [-0.25, -0.2) is 4.98 Å². The SMILES string of the molecule is CCC(CC)[C@@H](CNc1nn2c(=O)cc(C)nc2s1)N1CCCC1. The molecule has 132 valence electrons. The molecule has 1 N–H and O–H groups in total. The van der Waals surface area contributed by atoms with Gasteiger partial charge in [0.05, 0.1) is 0 Å². The van der Waals surface area contributed by atoms with Crippen molar-refractivity contribution in [1.82, 2.24) is 19.5 Å². The third-order valence-corrected chi connectivity index (χ3v) is 5.90. The number of likely N-dealkylation sites (tertiary alicyclic amines) is 1. The van der Waals surface area contributed by atoms with E-state index in [1.54, 1.807) is 0 Å². The molecule has 6 nitrogen and oxygen atoms in total. The Morgan fingerprint density at radius 2 is 2.00 bits per heavy atom. The molecule has 0 unspecified atom stereocenters. The summed E-state index contributed by atoms with van der Waals surface area (Å²) in [5, 5.41) is 8.64. The molecule has 1 aliphatic heterocycles. The van der Waals surface area contributed by atoms with E-state index >= 15 is 0 Å². The van der Waals surface area contributed by atoms with Gasteiger partial charge in [0.25, 0.3) is 5.56 Å². The van der Waals surface area contributed by atoms with Gasteiger partial charge >= 0.3 is 0 Å². The van der Waals surface area contributed by atoms with Gasteiger partial charge in [-0.1, -0.05) is 38.0 Å². The van der Waals surface area contributed by atoms with Crippen LogP contribution in [0.25, 0.3) is 4.96 Å². The van der Waals surface area contributed by atoms with Crippen molar-refractivity contribution in [1.29, 1.82) is 0 Å². The molecule has 1 atom stereocenters. The van der Waals surface area contributed by atoms with Crippen molar-refractivity contribution in [3.8, 4) is 0 Å². The van der Waals surface area contributed by atoms with Crippen molar-refractivity contribution in [2.75, 3.05) is 25.0 Å². The van der Waals surface area contributed by atoms with E-state index in [4.69, 9.17) is 0 Å². The Balaban J connectivity index is 1.76. The molecule has 0 bridgehead atoms. The highest BCUT2D eigenvalue weighted by atomic mass is 32.1. The van der Waals surface area contributed by atoms with Gasteiger partial charge in [-0.3, -0.25) is 9.69 Å². The van der Waals surface area contributed by atoms with Crippen LogP contribution in [0.15, 0.2) is 10.9 Å². The van der Waals surface area contributed by atoms with Crippen LogP contribution in [0.2, 0.25) is 0 Å². The summed E-state index contributed by atoms with van der Waals surface area (Å²) in [7, 11) is 0. The van der Waals surface area contributed by atoms with Crippen LogP contribution in [0, 0.1) is 12.8 Å². The zero-order chi connectivity index (χ0) is 17.1. The molecule has 7 heteroatoms. The summed E-state index contributed by atoms with van der Waals surface area (Å²) < 4.78 is 1.39. The van der Waals surface area contributed by atoms with Crippen molar-refractivity contribution in [3.05, 3.63) is 22.1 Å². The fourth-order valence-corrected chi connectivity index (χ4v) is 4.54. The number of anilines is 1. The maximum Gasteiger partial charge on any atom is 0.275 e. The summed E-state index contributed by atoms with van der Waals surface area (Å²) in [6.07, 6.45) is 4.99. The number of hydrogen-bond donors (Lipinski definition) is 1. The minimum Gasteiger partial charge on any atom is -0.358 e. The summed E-state index contributed by atoms with van der Waals surface area (Å²) in [6, 6.07) is 2.05. The second-order valence-electron chi connectivity index (χ2n) is 6.61. The van der Waals surface area contributed by atoms with E-state index in [0.717, 1.165) is 17.4 Å². The lowest BCUT2D eigenvalue weighted by Gasteiger charge is -2.33. The molecule has 0 aromatic carbocycles. The lowest BCUT2D eigenvalue weighted by molar-refractivity contribution is 0.175. The standard InChI is InChI=1S/C17H27N5OS/c1-4-13(5-2)14(21-8-6-7-9-21)11-18-16-20-22-15(23)10-12(3)19-17(22)24-16/h10,13-14H,4-9,11H2,1-3H3,(H,18,20)/t14-/m1/s1. The topological polar surface area (TPSA) is 62.5 Å². The third kappa shape index (κ3) is 3.62. The monoisotopic (exact) mass is 349 g/mol. The summed E-state index contributed by atoms with van der Waals surface area (Å²) in [5.74, 6) is 0.688. The number of aryl methyl sites for hydroxylation is 1. The molecule has 1 saturated heterocycles. The fraction of sp³-hybridized carbons (Fsp3) is 0.706. The first-order valence-corrected chi connectivity index (χ1v) is 9.79. The van der Waals surface area contributed by atoms with Gasteiger partial charge in [0.15, 0.2) is 0 Å². The van der Waals surface area contributed by atoms with Crippen LogP contribution in [0.3, 0.4) is 0 Å². The Bertz CT molecular complexity index is 728. The highest BCUT2D eigenvalue weighted by Gasteiger charge is 2.27. The van der Waals surface area contributed by atoms with Gasteiger partial charge in [-0.15, -0.1) is 5.10 Å². The van der Waals surface area contributed by atoms with Crippen molar-refractivity contribution >= 4 is 21.4 Å². The average molecular weight is 350 g/mol. The first kappa shape index (κ1) is 17.4. The predicted octanol–water partition coefficient (Wildman–Crippen LogP) is 2.77. The smallest absolute Gasteiger partial charge is 0.275 e. The minimum absolute atomic E-state index is 0.113. The largest absolute Gasteiger partial charge is 0.358 e. The summed E-state index contributed by atoms with van der Waals surface area (Å²) >= 11 is 1.45. The molecule has 3 heterocycles. The predicted molar refractivity (Wildman–Crippen MR) is 99.0 cm³/mol. The van der Waals surface area contributed by atoms with Crippen LogP contribution < -0.4 is 10.9 Å². The second kappa shape index (κ2) is 7.61. The van der Waals surface area contributed by atoms with Gasteiger partial charge in [-0.05, 0) is 38.8 Å². The molecule has 1 fully saturated rings. The third-order valence-electron chi connectivity index (χ3n) is 5.04. The van der Waals surface area contributed by atoms with Crippen LogP contribution in [-0.2, 0) is 0 Å². The molecular formula is C17H27N5OS. The highest BCUT2D eigenvalue weighted by molar-refractivity contribution is 7.20. The highest BCUT2D eigenvalue weighted by Crippen LogP contribution is 2.24. The molecule has 0 aliphatic carbocycles. The number of hydrogen-bond acceptors (Lipinski definition) is 6. The van der Waals surface area contributed by atoms with E-state index in [2.05, 4.69) is 34.1 Å². The van der Waals surface area contributed by atoms with Crippen molar-refractivity contribution < 1.29 is 0 Å². The molecule has 0 radical (unpaired) electrons. The van der Waals surface area contributed by atoms with E-state index in [0.29, 0.717) is 16.9 Å². The van der Waals surface area contributed by atoms with Crippen LogP contribution in [0.1, 0.15) is 45.2 Å². The Morgan fingerprint density at radius 1 is 1.29 bits per heavy atom. The van der Waals surface area contributed by atoms with Crippen molar-refractivity contribution in [2.45, 2.75) is 52.5 Å². The lowest BCUT2D eigenvalue weighted by atomic mass is 9.93. The molecule has 0 spiro atoms. The number of nitrogens with one attached hydrogen (secondary N) is 1. The van der Waals surface area contributed by atoms with E-state index in [1.165, 1.54) is 60.7 Å². The lowest BCUT2D eigenvalue weighted by Crippen LogP contribution is -2.43. The van der Waals surface area contributed by atoms with Gasteiger partial charge in [0.2, 0.25) is 10.1 Å². The molecule has 1 aliphatic rings. The van der Waals surface area contributed by atoms with Crippen molar-refractivity contribution in [2.24, 2.45) is 5.92 Å². The number of aromatic nitrogens is 3. The van der Waals surface area contributed by atoms with Gasteiger partial charge in [0.1, 0.15) is 0 Å². The number of nitrogens with zero attached hydrogens (tertiary/aromatic N) is 4. The number of fused-ring (bicyclic) bond motifs is 1. The Labute approximate surface area is 146 Å². The fourth-order valence-electron chi connectivity index (χ4n) is 3.68. The van der Waals surface area contributed by atoms with E-state index in [-0.39, 0.29) is 5.56 Å². The molecule has 0 amide bonds. The van der Waals surface area contributed by atoms with E-state index < -0.39 is 0 Å². The van der Waals surface area contributed by atoms with Crippen LogP contribution >= 0.6 is 11.3 Å². The maximum absolute atomic E-state index is 12.0. The summed E-state index contributed by atoms with van der Waals surface area (Å²) in [6.45, 7) is 9.67.